The highest BCUT2D eigenvalue weighted by Crippen LogP contribution is 2.29. The van der Waals surface area contributed by atoms with E-state index in [0.29, 0.717) is 11.0 Å². The Labute approximate surface area is 112 Å². The zero-order valence-electron chi connectivity index (χ0n) is 10.8. The van der Waals surface area contributed by atoms with E-state index in [2.05, 4.69) is 21.8 Å². The van der Waals surface area contributed by atoms with Crippen LogP contribution in [-0.4, -0.2) is 16.5 Å². The Morgan fingerprint density at radius 2 is 1.67 bits per heavy atom. The van der Waals surface area contributed by atoms with Crippen molar-refractivity contribution in [3.05, 3.63) is 46.9 Å². The van der Waals surface area contributed by atoms with Gasteiger partial charge in [-0.25, -0.2) is 9.97 Å². The van der Waals surface area contributed by atoms with Gasteiger partial charge in [-0.15, -0.1) is 0 Å². The summed E-state index contributed by atoms with van der Waals surface area (Å²) in [6.07, 6.45) is 0. The van der Waals surface area contributed by atoms with Crippen LogP contribution >= 0.6 is 11.6 Å². The van der Waals surface area contributed by atoms with E-state index in [9.17, 15) is 0 Å². The Morgan fingerprint density at radius 3 is 2.28 bits per heavy atom. The largest absolute Gasteiger partial charge is 0.324 e. The fourth-order valence-electron chi connectivity index (χ4n) is 1.80. The molecule has 18 heavy (non-hydrogen) atoms. The highest BCUT2D eigenvalue weighted by atomic mass is 35.5. The van der Waals surface area contributed by atoms with E-state index in [4.69, 9.17) is 11.6 Å². The first-order valence-corrected chi connectivity index (χ1v) is 6.34. The first-order valence-electron chi connectivity index (χ1n) is 5.96. The van der Waals surface area contributed by atoms with Crippen LogP contribution in [0.1, 0.15) is 18.3 Å². The normalized spacial score (nSPS) is 10.4. The molecule has 0 fully saturated rings. The van der Waals surface area contributed by atoms with Crippen molar-refractivity contribution in [2.75, 3.05) is 11.4 Å². The van der Waals surface area contributed by atoms with E-state index >= 15 is 0 Å². The van der Waals surface area contributed by atoms with Crippen LogP contribution in [0.25, 0.3) is 0 Å². The van der Waals surface area contributed by atoms with Gasteiger partial charge >= 0.3 is 0 Å². The van der Waals surface area contributed by atoms with Crippen molar-refractivity contribution >= 4 is 23.1 Å². The zero-order valence-corrected chi connectivity index (χ0v) is 11.6. The van der Waals surface area contributed by atoms with Crippen LogP contribution in [0.5, 0.6) is 0 Å². The summed E-state index contributed by atoms with van der Waals surface area (Å²) < 4.78 is 0. The van der Waals surface area contributed by atoms with E-state index in [1.807, 2.05) is 44.2 Å². The van der Waals surface area contributed by atoms with Gasteiger partial charge in [0.2, 0.25) is 0 Å². The number of anilines is 2. The van der Waals surface area contributed by atoms with Gasteiger partial charge < -0.3 is 4.90 Å². The number of hydrogen-bond acceptors (Lipinski definition) is 3. The van der Waals surface area contributed by atoms with Crippen LogP contribution in [0.3, 0.4) is 0 Å². The van der Waals surface area contributed by atoms with Gasteiger partial charge in [0.15, 0.2) is 11.0 Å². The summed E-state index contributed by atoms with van der Waals surface area (Å²) >= 11 is 6.21. The van der Waals surface area contributed by atoms with Gasteiger partial charge in [0.1, 0.15) is 0 Å². The molecule has 0 aliphatic heterocycles. The van der Waals surface area contributed by atoms with Crippen LogP contribution < -0.4 is 4.90 Å². The highest BCUT2D eigenvalue weighted by Gasteiger charge is 2.14. The molecule has 2 rings (SSSR count). The molecule has 0 amide bonds. The van der Waals surface area contributed by atoms with Gasteiger partial charge in [0, 0.05) is 12.2 Å². The minimum absolute atomic E-state index is 0.448. The third kappa shape index (κ3) is 2.46. The fraction of sp³-hybridized carbons (Fsp3) is 0.286. The molecule has 0 saturated carbocycles. The van der Waals surface area contributed by atoms with Crippen molar-refractivity contribution in [3.8, 4) is 0 Å². The lowest BCUT2D eigenvalue weighted by molar-refractivity contribution is 0.946. The van der Waals surface area contributed by atoms with E-state index < -0.39 is 0 Å². The summed E-state index contributed by atoms with van der Waals surface area (Å²) in [7, 11) is 0. The predicted octanol–water partition coefficient (Wildman–Crippen LogP) is 3.90. The van der Waals surface area contributed by atoms with Crippen molar-refractivity contribution in [1.82, 2.24) is 9.97 Å². The number of rotatable bonds is 3. The lowest BCUT2D eigenvalue weighted by Crippen LogP contribution is -2.19. The molecule has 94 valence electrons. The Balaban J connectivity index is 2.49. The Kier molecular flexibility index (Phi) is 3.82. The molecular weight excluding hydrogens is 246 g/mol. The first kappa shape index (κ1) is 12.8. The van der Waals surface area contributed by atoms with Crippen molar-refractivity contribution in [1.29, 1.82) is 0 Å². The lowest BCUT2D eigenvalue weighted by Gasteiger charge is -2.23. The summed E-state index contributed by atoms with van der Waals surface area (Å²) in [6.45, 7) is 6.72. The minimum atomic E-state index is 0.448. The summed E-state index contributed by atoms with van der Waals surface area (Å²) in [5.74, 6) is 0.716. The lowest BCUT2D eigenvalue weighted by atomic mass is 10.3. The first-order chi connectivity index (χ1) is 8.63. The molecule has 0 aliphatic rings. The maximum atomic E-state index is 6.21. The van der Waals surface area contributed by atoms with Gasteiger partial charge in [-0.2, -0.15) is 0 Å². The molecule has 1 heterocycles. The Morgan fingerprint density at radius 1 is 1.06 bits per heavy atom. The number of para-hydroxylation sites is 1. The number of halogens is 1. The molecule has 1 aromatic heterocycles. The number of benzene rings is 1. The van der Waals surface area contributed by atoms with Crippen LogP contribution in [0.15, 0.2) is 30.3 Å². The summed E-state index contributed by atoms with van der Waals surface area (Å²) in [5.41, 5.74) is 2.84. The van der Waals surface area contributed by atoms with Crippen LogP contribution in [0.4, 0.5) is 11.5 Å². The van der Waals surface area contributed by atoms with Gasteiger partial charge in [0.25, 0.3) is 0 Å². The highest BCUT2D eigenvalue weighted by molar-refractivity contribution is 6.31. The maximum absolute atomic E-state index is 6.21. The Hall–Kier alpha value is -1.61. The predicted molar refractivity (Wildman–Crippen MR) is 75.6 cm³/mol. The van der Waals surface area contributed by atoms with Crippen LogP contribution in [0.2, 0.25) is 5.15 Å². The van der Waals surface area contributed by atoms with E-state index in [-0.39, 0.29) is 0 Å². The topological polar surface area (TPSA) is 29.0 Å². The van der Waals surface area contributed by atoms with Gasteiger partial charge in [0.05, 0.1) is 11.4 Å². The molecule has 2 aromatic rings. The second-order valence-electron chi connectivity index (χ2n) is 4.09. The van der Waals surface area contributed by atoms with Crippen LogP contribution in [-0.2, 0) is 0 Å². The number of aromatic nitrogens is 2. The van der Waals surface area contributed by atoms with Gasteiger partial charge in [-0.05, 0) is 32.9 Å². The zero-order chi connectivity index (χ0) is 13.1. The number of nitrogens with zero attached hydrogens (tertiary/aromatic N) is 3. The summed E-state index contributed by atoms with van der Waals surface area (Å²) in [6, 6.07) is 10.1. The SMILES string of the molecule is CCN(c1ccccc1)c1nc(C)c(C)nc1Cl. The fourth-order valence-corrected chi connectivity index (χ4v) is 2.07. The molecule has 4 heteroatoms. The van der Waals surface area contributed by atoms with E-state index in [0.717, 1.165) is 23.6 Å². The molecule has 0 N–H and O–H groups in total. The molecule has 0 unspecified atom stereocenters. The molecular formula is C14H16ClN3. The summed E-state index contributed by atoms with van der Waals surface area (Å²) in [4.78, 5) is 10.9. The molecule has 0 spiro atoms. The smallest absolute Gasteiger partial charge is 0.172 e. The third-order valence-corrected chi connectivity index (χ3v) is 3.14. The van der Waals surface area contributed by atoms with Crippen molar-refractivity contribution in [3.63, 3.8) is 0 Å². The standard InChI is InChI=1S/C14H16ClN3/c1-4-18(12-8-6-5-7-9-12)14-13(15)16-10(2)11(3)17-14/h5-9H,4H2,1-3H3. The summed E-state index contributed by atoms with van der Waals surface area (Å²) in [5, 5.41) is 0.448. The molecule has 0 aliphatic carbocycles. The van der Waals surface area contributed by atoms with Crippen molar-refractivity contribution < 1.29 is 0 Å². The average molecular weight is 262 g/mol. The number of aryl methyl sites for hydroxylation is 2. The molecule has 1 aromatic carbocycles. The van der Waals surface area contributed by atoms with E-state index in [1.54, 1.807) is 0 Å². The monoisotopic (exact) mass is 261 g/mol. The van der Waals surface area contributed by atoms with Gasteiger partial charge in [-0.1, -0.05) is 29.8 Å². The van der Waals surface area contributed by atoms with Crippen LogP contribution in [0, 0.1) is 13.8 Å². The minimum Gasteiger partial charge on any atom is -0.324 e. The quantitative estimate of drug-likeness (QED) is 0.839. The second-order valence-corrected chi connectivity index (χ2v) is 4.45. The molecule has 3 nitrogen and oxygen atoms in total. The average Bonchev–Trinajstić information content (AvgIpc) is 2.38. The van der Waals surface area contributed by atoms with E-state index in [1.165, 1.54) is 0 Å². The third-order valence-electron chi connectivity index (χ3n) is 2.89. The molecule has 0 atom stereocenters. The van der Waals surface area contributed by atoms with Gasteiger partial charge in [-0.3, -0.25) is 0 Å². The van der Waals surface area contributed by atoms with Crippen molar-refractivity contribution in [2.45, 2.75) is 20.8 Å². The number of hydrogen-bond donors (Lipinski definition) is 0. The second kappa shape index (κ2) is 5.36. The Bertz CT molecular complexity index is 540. The maximum Gasteiger partial charge on any atom is 0.172 e. The van der Waals surface area contributed by atoms with Crippen molar-refractivity contribution in [2.24, 2.45) is 0 Å². The molecule has 0 saturated heterocycles. The molecule has 0 radical (unpaired) electrons. The molecule has 0 bridgehead atoms.